The molecule has 96 valence electrons. The molecule has 0 aliphatic rings. The van der Waals surface area contributed by atoms with E-state index in [4.69, 9.17) is 0 Å². The Balaban J connectivity index is 2.60. The Morgan fingerprint density at radius 3 is 2.47 bits per heavy atom. The van der Waals surface area contributed by atoms with Crippen molar-refractivity contribution in [2.75, 3.05) is 23.9 Å². The van der Waals surface area contributed by atoms with Gasteiger partial charge in [-0.15, -0.1) is 5.10 Å². The largest absolute Gasteiger partial charge is 0.353 e. The number of nitrogens with one attached hydrogen (secondary N) is 1. The molecule has 1 N–H and O–H groups in total. The number of aryl methyl sites for hydroxylation is 2. The first-order valence-corrected chi connectivity index (χ1v) is 7.55. The van der Waals surface area contributed by atoms with E-state index in [1.54, 1.807) is 0 Å². The van der Waals surface area contributed by atoms with Crippen molar-refractivity contribution in [1.82, 2.24) is 15.2 Å². The Hall–Kier alpha value is -0.840. The van der Waals surface area contributed by atoms with Gasteiger partial charge in [-0.2, -0.15) is 16.9 Å². The first-order valence-electron chi connectivity index (χ1n) is 6.16. The van der Waals surface area contributed by atoms with Crippen LogP contribution in [0.2, 0.25) is 0 Å². The summed E-state index contributed by atoms with van der Waals surface area (Å²) in [5.41, 5.74) is 2.07. The topological polar surface area (TPSA) is 50.7 Å². The molecular weight excluding hydrogens is 232 g/mol. The minimum atomic E-state index is 0.615. The Morgan fingerprint density at radius 2 is 1.88 bits per heavy atom. The third-order valence-electron chi connectivity index (χ3n) is 2.57. The van der Waals surface area contributed by atoms with Gasteiger partial charge in [0.25, 0.3) is 0 Å². The summed E-state index contributed by atoms with van der Waals surface area (Å²) in [7, 11) is 0. The zero-order valence-corrected chi connectivity index (χ0v) is 12.0. The van der Waals surface area contributed by atoms with Crippen molar-refractivity contribution in [3.8, 4) is 0 Å². The Labute approximate surface area is 108 Å². The SMILES string of the molecule is CCc1nnc(NCC(C)CSC)nc1CC. The van der Waals surface area contributed by atoms with Crippen LogP contribution in [-0.4, -0.2) is 33.7 Å². The van der Waals surface area contributed by atoms with Gasteiger partial charge in [0.1, 0.15) is 0 Å². The Bertz CT molecular complexity index is 343. The number of aromatic nitrogens is 3. The van der Waals surface area contributed by atoms with Crippen LogP contribution < -0.4 is 5.32 Å². The fourth-order valence-corrected chi connectivity index (χ4v) is 2.31. The smallest absolute Gasteiger partial charge is 0.242 e. The monoisotopic (exact) mass is 254 g/mol. The van der Waals surface area contributed by atoms with Crippen LogP contribution in [-0.2, 0) is 12.8 Å². The predicted molar refractivity (Wildman–Crippen MR) is 74.6 cm³/mol. The van der Waals surface area contributed by atoms with Gasteiger partial charge < -0.3 is 5.32 Å². The number of nitrogens with zero attached hydrogens (tertiary/aromatic N) is 3. The van der Waals surface area contributed by atoms with Crippen LogP contribution in [0.1, 0.15) is 32.2 Å². The van der Waals surface area contributed by atoms with Gasteiger partial charge >= 0.3 is 0 Å². The minimum absolute atomic E-state index is 0.615. The number of anilines is 1. The highest BCUT2D eigenvalue weighted by Gasteiger charge is 2.07. The van der Waals surface area contributed by atoms with E-state index in [0.717, 1.165) is 36.5 Å². The lowest BCUT2D eigenvalue weighted by molar-refractivity contribution is 0.691. The molecule has 0 aromatic carbocycles. The highest BCUT2D eigenvalue weighted by atomic mass is 32.2. The molecule has 1 rings (SSSR count). The maximum atomic E-state index is 4.50. The van der Waals surface area contributed by atoms with E-state index in [-0.39, 0.29) is 0 Å². The van der Waals surface area contributed by atoms with Gasteiger partial charge in [-0.1, -0.05) is 20.8 Å². The fourth-order valence-electron chi connectivity index (χ4n) is 1.62. The molecule has 1 aromatic rings. The van der Waals surface area contributed by atoms with Crippen molar-refractivity contribution in [3.05, 3.63) is 11.4 Å². The zero-order chi connectivity index (χ0) is 12.7. The van der Waals surface area contributed by atoms with E-state index in [9.17, 15) is 0 Å². The van der Waals surface area contributed by atoms with Crippen LogP contribution in [0.5, 0.6) is 0 Å². The van der Waals surface area contributed by atoms with Crippen LogP contribution in [0.15, 0.2) is 0 Å². The fraction of sp³-hybridized carbons (Fsp3) is 0.750. The molecule has 0 aliphatic heterocycles. The molecule has 0 saturated heterocycles. The normalized spacial score (nSPS) is 12.5. The molecule has 1 atom stereocenters. The quantitative estimate of drug-likeness (QED) is 0.810. The van der Waals surface area contributed by atoms with Crippen molar-refractivity contribution >= 4 is 17.7 Å². The molecule has 5 heteroatoms. The second kappa shape index (κ2) is 7.48. The molecule has 1 unspecified atom stereocenters. The first kappa shape index (κ1) is 14.2. The minimum Gasteiger partial charge on any atom is -0.353 e. The van der Waals surface area contributed by atoms with Crippen molar-refractivity contribution in [1.29, 1.82) is 0 Å². The molecule has 17 heavy (non-hydrogen) atoms. The summed E-state index contributed by atoms with van der Waals surface area (Å²) in [6, 6.07) is 0. The summed E-state index contributed by atoms with van der Waals surface area (Å²) >= 11 is 1.86. The maximum Gasteiger partial charge on any atom is 0.242 e. The standard InChI is InChI=1S/C12H22N4S/c1-5-10-11(6-2)15-16-12(14-10)13-7-9(3)8-17-4/h9H,5-8H2,1-4H3,(H,13,14,16). The predicted octanol–water partition coefficient (Wildman–Crippen LogP) is 2.41. The van der Waals surface area contributed by atoms with E-state index in [2.05, 4.69) is 47.5 Å². The molecule has 1 aromatic heterocycles. The molecule has 0 radical (unpaired) electrons. The molecule has 0 spiro atoms. The lowest BCUT2D eigenvalue weighted by atomic mass is 10.2. The van der Waals surface area contributed by atoms with Gasteiger partial charge in [-0.25, -0.2) is 4.98 Å². The van der Waals surface area contributed by atoms with Crippen molar-refractivity contribution in [2.24, 2.45) is 5.92 Å². The van der Waals surface area contributed by atoms with Gasteiger partial charge in [0.05, 0.1) is 11.4 Å². The molecule has 0 aliphatic carbocycles. The highest BCUT2D eigenvalue weighted by molar-refractivity contribution is 7.98. The average molecular weight is 254 g/mol. The molecule has 0 saturated carbocycles. The molecule has 0 bridgehead atoms. The highest BCUT2D eigenvalue weighted by Crippen LogP contribution is 2.08. The van der Waals surface area contributed by atoms with E-state index < -0.39 is 0 Å². The van der Waals surface area contributed by atoms with Crippen LogP contribution >= 0.6 is 11.8 Å². The maximum absolute atomic E-state index is 4.50. The van der Waals surface area contributed by atoms with Crippen LogP contribution in [0.3, 0.4) is 0 Å². The summed E-state index contributed by atoms with van der Waals surface area (Å²) in [4.78, 5) is 4.50. The molecule has 4 nitrogen and oxygen atoms in total. The number of thioether (sulfide) groups is 1. The summed E-state index contributed by atoms with van der Waals surface area (Å²) < 4.78 is 0. The molecule has 0 amide bonds. The molecule has 0 fully saturated rings. The number of hydrogen-bond acceptors (Lipinski definition) is 5. The van der Waals surface area contributed by atoms with E-state index in [1.807, 2.05) is 11.8 Å². The van der Waals surface area contributed by atoms with Crippen LogP contribution in [0, 0.1) is 5.92 Å². The summed E-state index contributed by atoms with van der Waals surface area (Å²) in [5.74, 6) is 2.42. The number of hydrogen-bond donors (Lipinski definition) is 1. The summed E-state index contributed by atoms with van der Waals surface area (Å²) in [6.07, 6.45) is 3.93. The Kier molecular flexibility index (Phi) is 6.26. The molecular formula is C12H22N4S. The van der Waals surface area contributed by atoms with Crippen molar-refractivity contribution in [2.45, 2.75) is 33.6 Å². The van der Waals surface area contributed by atoms with Crippen LogP contribution in [0.4, 0.5) is 5.95 Å². The summed E-state index contributed by atoms with van der Waals surface area (Å²) in [5, 5.41) is 11.6. The average Bonchev–Trinajstić information content (AvgIpc) is 2.36. The van der Waals surface area contributed by atoms with Crippen molar-refractivity contribution in [3.63, 3.8) is 0 Å². The third kappa shape index (κ3) is 4.50. The van der Waals surface area contributed by atoms with E-state index in [1.165, 1.54) is 0 Å². The summed E-state index contributed by atoms with van der Waals surface area (Å²) in [6.45, 7) is 7.30. The lowest BCUT2D eigenvalue weighted by Crippen LogP contribution is -2.16. The van der Waals surface area contributed by atoms with Gasteiger partial charge in [-0.05, 0) is 30.8 Å². The van der Waals surface area contributed by atoms with Crippen LogP contribution in [0.25, 0.3) is 0 Å². The first-order chi connectivity index (χ1) is 8.21. The molecule has 1 heterocycles. The van der Waals surface area contributed by atoms with Crippen molar-refractivity contribution < 1.29 is 0 Å². The van der Waals surface area contributed by atoms with Gasteiger partial charge in [0.2, 0.25) is 5.95 Å². The van der Waals surface area contributed by atoms with Gasteiger partial charge in [0.15, 0.2) is 0 Å². The number of rotatable bonds is 7. The van der Waals surface area contributed by atoms with Gasteiger partial charge in [0, 0.05) is 6.54 Å². The van der Waals surface area contributed by atoms with Gasteiger partial charge in [-0.3, -0.25) is 0 Å². The third-order valence-corrected chi connectivity index (χ3v) is 3.47. The zero-order valence-electron chi connectivity index (χ0n) is 11.2. The Morgan fingerprint density at radius 1 is 1.18 bits per heavy atom. The second-order valence-corrected chi connectivity index (χ2v) is 5.09. The van der Waals surface area contributed by atoms with E-state index >= 15 is 0 Å². The second-order valence-electron chi connectivity index (χ2n) is 4.18. The lowest BCUT2D eigenvalue weighted by Gasteiger charge is -2.11. The van der Waals surface area contributed by atoms with E-state index in [0.29, 0.717) is 11.9 Å².